The number of aryl methyl sites for hydroxylation is 1. The number of rotatable bonds is 7. The molecule has 0 spiro atoms. The molecule has 5 heteroatoms. The summed E-state index contributed by atoms with van der Waals surface area (Å²) in [6, 6.07) is 7.74. The number of ether oxygens (including phenoxy) is 2. The summed E-state index contributed by atoms with van der Waals surface area (Å²) in [6.07, 6.45) is 0.247. The molecule has 0 N–H and O–H groups in total. The first kappa shape index (κ1) is 19.8. The van der Waals surface area contributed by atoms with Gasteiger partial charge in [0.05, 0.1) is 7.11 Å². The zero-order chi connectivity index (χ0) is 19.4. The van der Waals surface area contributed by atoms with Gasteiger partial charge in [0.25, 0.3) is 0 Å². The van der Waals surface area contributed by atoms with Crippen molar-refractivity contribution in [1.82, 2.24) is 4.57 Å². The normalized spacial score (nSPS) is 11.9. The van der Waals surface area contributed by atoms with E-state index in [1.165, 1.54) is 7.11 Å². The van der Waals surface area contributed by atoms with Gasteiger partial charge in [-0.25, -0.2) is 4.79 Å². The minimum Gasteiger partial charge on any atom is -0.483 e. The van der Waals surface area contributed by atoms with E-state index in [2.05, 4.69) is 6.92 Å². The molecule has 2 rings (SSSR count). The van der Waals surface area contributed by atoms with Crippen molar-refractivity contribution in [3.8, 4) is 5.75 Å². The van der Waals surface area contributed by atoms with Crippen molar-refractivity contribution in [1.29, 1.82) is 0 Å². The highest BCUT2D eigenvalue weighted by Crippen LogP contribution is 2.26. The summed E-state index contributed by atoms with van der Waals surface area (Å²) in [5.74, 6) is 0.0959. The lowest BCUT2D eigenvalue weighted by atomic mass is 10.0. The van der Waals surface area contributed by atoms with Gasteiger partial charge in [-0.1, -0.05) is 19.1 Å². The molecule has 0 saturated carbocycles. The molecule has 2 aromatic rings. The Bertz CT molecular complexity index is 820. The lowest BCUT2D eigenvalue weighted by Gasteiger charge is -2.15. The molecule has 0 radical (unpaired) electrons. The summed E-state index contributed by atoms with van der Waals surface area (Å²) in [6.45, 7) is 9.95. The molecule has 140 valence electrons. The molecule has 1 unspecified atom stereocenters. The molecule has 0 aliphatic carbocycles. The first-order valence-electron chi connectivity index (χ1n) is 8.93. The molecule has 5 nitrogen and oxygen atoms in total. The Morgan fingerprint density at radius 3 is 2.46 bits per heavy atom. The first-order chi connectivity index (χ1) is 12.3. The van der Waals surface area contributed by atoms with E-state index in [0.29, 0.717) is 29.1 Å². The second-order valence-corrected chi connectivity index (χ2v) is 6.30. The van der Waals surface area contributed by atoms with E-state index >= 15 is 0 Å². The molecular weight excluding hydrogens is 330 g/mol. The number of Topliss-reactive ketones (excluding diaryl/α,β-unsaturated/α-hetero) is 1. The minimum absolute atomic E-state index is 0.140. The maximum atomic E-state index is 13.0. The van der Waals surface area contributed by atoms with E-state index in [1.54, 1.807) is 13.8 Å². The van der Waals surface area contributed by atoms with Crippen LogP contribution in [0.2, 0.25) is 0 Å². The molecule has 1 aromatic heterocycles. The van der Waals surface area contributed by atoms with Crippen LogP contribution in [0.4, 0.5) is 0 Å². The molecule has 0 fully saturated rings. The Kier molecular flexibility index (Phi) is 6.24. The number of methoxy groups -OCH3 is 1. The number of hydrogen-bond donors (Lipinski definition) is 0. The van der Waals surface area contributed by atoms with Crippen LogP contribution in [0.15, 0.2) is 24.3 Å². The van der Waals surface area contributed by atoms with Crippen molar-refractivity contribution in [2.45, 2.75) is 53.7 Å². The van der Waals surface area contributed by atoms with Gasteiger partial charge in [-0.05, 0) is 57.4 Å². The third-order valence-electron chi connectivity index (χ3n) is 4.70. The summed E-state index contributed by atoms with van der Waals surface area (Å²) < 4.78 is 12.6. The summed E-state index contributed by atoms with van der Waals surface area (Å²) >= 11 is 0. The van der Waals surface area contributed by atoms with Gasteiger partial charge in [-0.2, -0.15) is 0 Å². The standard InChI is InChI=1S/C21H27NO4/c1-7-16-10-9-11-17(12-16)26-15(5)20(23)18-13(3)19(21(24)25-6)22(8-2)14(18)4/h9-12,15H,7-8H2,1-6H3. The third kappa shape index (κ3) is 3.66. The Morgan fingerprint density at radius 2 is 1.88 bits per heavy atom. The Balaban J connectivity index is 2.36. The van der Waals surface area contributed by atoms with E-state index in [0.717, 1.165) is 17.7 Å². The summed E-state index contributed by atoms with van der Waals surface area (Å²) in [7, 11) is 1.35. The Morgan fingerprint density at radius 1 is 1.19 bits per heavy atom. The van der Waals surface area contributed by atoms with Gasteiger partial charge < -0.3 is 14.0 Å². The van der Waals surface area contributed by atoms with Crippen molar-refractivity contribution < 1.29 is 19.1 Å². The Labute approximate surface area is 154 Å². The van der Waals surface area contributed by atoms with Gasteiger partial charge >= 0.3 is 5.97 Å². The number of carbonyl (C=O) groups excluding carboxylic acids is 2. The third-order valence-corrected chi connectivity index (χ3v) is 4.70. The number of esters is 1. The van der Waals surface area contributed by atoms with Gasteiger partial charge in [0.15, 0.2) is 6.10 Å². The lowest BCUT2D eigenvalue weighted by Crippen LogP contribution is -2.25. The Hall–Kier alpha value is -2.56. The van der Waals surface area contributed by atoms with Crippen LogP contribution in [0.25, 0.3) is 0 Å². The van der Waals surface area contributed by atoms with Crippen molar-refractivity contribution in [3.63, 3.8) is 0 Å². The molecule has 1 atom stereocenters. The van der Waals surface area contributed by atoms with E-state index in [-0.39, 0.29) is 5.78 Å². The fraction of sp³-hybridized carbons (Fsp3) is 0.429. The number of ketones is 1. The summed E-state index contributed by atoms with van der Waals surface area (Å²) in [5.41, 5.74) is 3.51. The van der Waals surface area contributed by atoms with Crippen LogP contribution in [-0.4, -0.2) is 29.5 Å². The highest BCUT2D eigenvalue weighted by molar-refractivity contribution is 6.05. The molecule has 0 amide bonds. The molecular formula is C21H27NO4. The van der Waals surface area contributed by atoms with Crippen molar-refractivity contribution >= 4 is 11.8 Å². The van der Waals surface area contributed by atoms with E-state index in [9.17, 15) is 9.59 Å². The van der Waals surface area contributed by atoms with E-state index in [1.807, 2.05) is 42.7 Å². The van der Waals surface area contributed by atoms with Gasteiger partial charge in [0, 0.05) is 17.8 Å². The van der Waals surface area contributed by atoms with Crippen molar-refractivity contribution in [2.75, 3.05) is 7.11 Å². The van der Waals surface area contributed by atoms with Gasteiger partial charge in [-0.15, -0.1) is 0 Å². The molecule has 0 bridgehead atoms. The van der Waals surface area contributed by atoms with Crippen LogP contribution in [0, 0.1) is 13.8 Å². The fourth-order valence-electron chi connectivity index (χ4n) is 3.31. The average molecular weight is 357 g/mol. The first-order valence-corrected chi connectivity index (χ1v) is 8.93. The number of aromatic nitrogens is 1. The topological polar surface area (TPSA) is 57.5 Å². The van der Waals surface area contributed by atoms with Crippen molar-refractivity contribution in [2.24, 2.45) is 0 Å². The predicted octanol–water partition coefficient (Wildman–Crippen LogP) is 4.12. The molecule has 0 aliphatic heterocycles. The molecule has 0 saturated heterocycles. The van der Waals surface area contributed by atoms with Gasteiger partial charge in [-0.3, -0.25) is 4.79 Å². The smallest absolute Gasteiger partial charge is 0.354 e. The summed E-state index contributed by atoms with van der Waals surface area (Å²) in [5, 5.41) is 0. The van der Waals surface area contributed by atoms with Crippen LogP contribution in [0.1, 0.15) is 58.4 Å². The number of benzene rings is 1. The van der Waals surface area contributed by atoms with Crippen molar-refractivity contribution in [3.05, 3.63) is 52.3 Å². The largest absolute Gasteiger partial charge is 0.483 e. The van der Waals surface area contributed by atoms with Gasteiger partial charge in [0.2, 0.25) is 5.78 Å². The van der Waals surface area contributed by atoms with Crippen LogP contribution >= 0.6 is 0 Å². The molecule has 0 aliphatic rings. The predicted molar refractivity (Wildman–Crippen MR) is 101 cm³/mol. The fourth-order valence-corrected chi connectivity index (χ4v) is 3.31. The van der Waals surface area contributed by atoms with E-state index < -0.39 is 12.1 Å². The highest BCUT2D eigenvalue weighted by Gasteiger charge is 2.29. The highest BCUT2D eigenvalue weighted by atomic mass is 16.5. The minimum atomic E-state index is -0.655. The second-order valence-electron chi connectivity index (χ2n) is 6.30. The van der Waals surface area contributed by atoms with Crippen LogP contribution in [-0.2, 0) is 17.7 Å². The van der Waals surface area contributed by atoms with Crippen LogP contribution in [0.5, 0.6) is 5.75 Å². The molecule has 1 aromatic carbocycles. The number of carbonyl (C=O) groups is 2. The van der Waals surface area contributed by atoms with Gasteiger partial charge in [0.1, 0.15) is 11.4 Å². The zero-order valence-corrected chi connectivity index (χ0v) is 16.4. The lowest BCUT2D eigenvalue weighted by molar-refractivity contribution is 0.0587. The van der Waals surface area contributed by atoms with Crippen LogP contribution < -0.4 is 4.74 Å². The maximum absolute atomic E-state index is 13.0. The molecule has 1 heterocycles. The quantitative estimate of drug-likeness (QED) is 0.552. The maximum Gasteiger partial charge on any atom is 0.354 e. The number of nitrogens with zero attached hydrogens (tertiary/aromatic N) is 1. The van der Waals surface area contributed by atoms with Crippen LogP contribution in [0.3, 0.4) is 0 Å². The SMILES string of the molecule is CCc1cccc(OC(C)C(=O)c2c(C)c(C(=O)OC)n(CC)c2C)c1. The second kappa shape index (κ2) is 8.21. The zero-order valence-electron chi connectivity index (χ0n) is 16.4. The van der Waals surface area contributed by atoms with E-state index in [4.69, 9.17) is 9.47 Å². The average Bonchev–Trinajstić information content (AvgIpc) is 2.90. The monoisotopic (exact) mass is 357 g/mol. The molecule has 26 heavy (non-hydrogen) atoms. The number of hydrogen-bond acceptors (Lipinski definition) is 4. The summed E-state index contributed by atoms with van der Waals surface area (Å²) in [4.78, 5) is 25.2.